The topological polar surface area (TPSA) is 85.1 Å². The number of sulfonamides is 1. The van der Waals surface area contributed by atoms with Crippen LogP contribution in [0.5, 0.6) is 0 Å². The maximum atomic E-state index is 12.2. The van der Waals surface area contributed by atoms with Gasteiger partial charge >= 0.3 is 0 Å². The van der Waals surface area contributed by atoms with Crippen LogP contribution in [0.15, 0.2) is 41.6 Å². The fraction of sp³-hybridized carbons (Fsp3) is 0.154. The van der Waals surface area contributed by atoms with Crippen LogP contribution in [0.2, 0.25) is 0 Å². The SMILES string of the molecule is Cc1cc(C)c(NS(=O)(=O)c2cccnc2)cc1N. The van der Waals surface area contributed by atoms with Crippen molar-refractivity contribution in [2.75, 3.05) is 10.5 Å². The molecule has 6 heteroatoms. The number of pyridine rings is 1. The smallest absolute Gasteiger partial charge is 0.263 e. The molecule has 0 unspecified atom stereocenters. The summed E-state index contributed by atoms with van der Waals surface area (Å²) in [4.78, 5) is 3.92. The molecule has 0 aliphatic heterocycles. The Labute approximate surface area is 112 Å². The molecule has 0 spiro atoms. The first-order chi connectivity index (χ1) is 8.90. The van der Waals surface area contributed by atoms with Gasteiger partial charge in [-0.3, -0.25) is 9.71 Å². The lowest BCUT2D eigenvalue weighted by atomic mass is 10.1. The number of rotatable bonds is 3. The van der Waals surface area contributed by atoms with E-state index in [1.54, 1.807) is 12.1 Å². The summed E-state index contributed by atoms with van der Waals surface area (Å²) in [6.45, 7) is 3.70. The van der Waals surface area contributed by atoms with Crippen molar-refractivity contribution in [3.05, 3.63) is 47.8 Å². The van der Waals surface area contributed by atoms with Crippen molar-refractivity contribution < 1.29 is 8.42 Å². The molecule has 1 heterocycles. The minimum atomic E-state index is -3.63. The Kier molecular flexibility index (Phi) is 3.44. The molecule has 3 N–H and O–H groups in total. The van der Waals surface area contributed by atoms with Gasteiger partial charge in [0.25, 0.3) is 10.0 Å². The van der Waals surface area contributed by atoms with E-state index in [-0.39, 0.29) is 4.90 Å². The van der Waals surface area contributed by atoms with Gasteiger partial charge in [-0.25, -0.2) is 8.42 Å². The van der Waals surface area contributed by atoms with E-state index in [2.05, 4.69) is 9.71 Å². The third kappa shape index (κ3) is 2.85. The second kappa shape index (κ2) is 4.89. The highest BCUT2D eigenvalue weighted by Gasteiger charge is 2.15. The van der Waals surface area contributed by atoms with Crippen LogP contribution in [0.1, 0.15) is 11.1 Å². The molecular formula is C13H15N3O2S. The second-order valence-corrected chi connectivity index (χ2v) is 6.00. The first-order valence-corrected chi connectivity index (χ1v) is 7.18. The highest BCUT2D eigenvalue weighted by Crippen LogP contribution is 2.24. The average Bonchev–Trinajstić information content (AvgIpc) is 2.37. The van der Waals surface area contributed by atoms with Crippen molar-refractivity contribution in [2.45, 2.75) is 18.7 Å². The van der Waals surface area contributed by atoms with Crippen LogP contribution in [0.3, 0.4) is 0 Å². The molecule has 0 fully saturated rings. The van der Waals surface area contributed by atoms with Crippen LogP contribution in [-0.2, 0) is 10.0 Å². The highest BCUT2D eigenvalue weighted by molar-refractivity contribution is 7.92. The number of nitrogen functional groups attached to an aromatic ring is 1. The van der Waals surface area contributed by atoms with E-state index in [9.17, 15) is 8.42 Å². The first-order valence-electron chi connectivity index (χ1n) is 5.70. The Balaban J connectivity index is 2.39. The van der Waals surface area contributed by atoms with Crippen LogP contribution in [0.4, 0.5) is 11.4 Å². The molecule has 5 nitrogen and oxygen atoms in total. The highest BCUT2D eigenvalue weighted by atomic mass is 32.2. The van der Waals surface area contributed by atoms with E-state index in [1.807, 2.05) is 19.9 Å². The maximum Gasteiger partial charge on any atom is 0.263 e. The minimum Gasteiger partial charge on any atom is -0.398 e. The Bertz CT molecular complexity index is 697. The van der Waals surface area contributed by atoms with Crippen molar-refractivity contribution in [3.8, 4) is 0 Å². The zero-order chi connectivity index (χ0) is 14.0. The number of aryl methyl sites for hydroxylation is 2. The average molecular weight is 277 g/mol. The van der Waals surface area contributed by atoms with Crippen LogP contribution < -0.4 is 10.5 Å². The standard InChI is InChI=1S/C13H15N3O2S/c1-9-6-10(2)13(7-12(9)14)16-19(17,18)11-4-3-5-15-8-11/h3-8,16H,14H2,1-2H3. The zero-order valence-electron chi connectivity index (χ0n) is 10.7. The molecule has 0 saturated carbocycles. The van der Waals surface area contributed by atoms with Crippen LogP contribution in [-0.4, -0.2) is 13.4 Å². The first kappa shape index (κ1) is 13.4. The zero-order valence-corrected chi connectivity index (χ0v) is 11.5. The third-order valence-corrected chi connectivity index (χ3v) is 4.15. The fourth-order valence-electron chi connectivity index (χ4n) is 1.69. The second-order valence-electron chi connectivity index (χ2n) is 4.32. The summed E-state index contributed by atoms with van der Waals surface area (Å²) in [5.41, 5.74) is 8.57. The van der Waals surface area contributed by atoms with Crippen molar-refractivity contribution >= 4 is 21.4 Å². The van der Waals surface area contributed by atoms with Gasteiger partial charge in [-0.2, -0.15) is 0 Å². The Morgan fingerprint density at radius 1 is 1.21 bits per heavy atom. The van der Waals surface area contributed by atoms with E-state index >= 15 is 0 Å². The van der Waals surface area contributed by atoms with E-state index in [1.165, 1.54) is 18.5 Å². The van der Waals surface area contributed by atoms with Gasteiger partial charge < -0.3 is 5.73 Å². The molecule has 0 atom stereocenters. The van der Waals surface area contributed by atoms with Gasteiger partial charge in [0.2, 0.25) is 0 Å². The number of anilines is 2. The van der Waals surface area contributed by atoms with Gasteiger partial charge in [-0.05, 0) is 43.2 Å². The summed E-state index contributed by atoms with van der Waals surface area (Å²) in [7, 11) is -3.63. The van der Waals surface area contributed by atoms with Gasteiger partial charge in [-0.1, -0.05) is 6.07 Å². The molecule has 0 aliphatic rings. The number of hydrogen-bond acceptors (Lipinski definition) is 4. The molecule has 19 heavy (non-hydrogen) atoms. The summed E-state index contributed by atoms with van der Waals surface area (Å²) < 4.78 is 26.8. The molecule has 0 saturated heterocycles. The number of aromatic nitrogens is 1. The molecular weight excluding hydrogens is 262 g/mol. The van der Waals surface area contributed by atoms with Gasteiger partial charge in [0, 0.05) is 18.1 Å². The van der Waals surface area contributed by atoms with E-state index in [0.29, 0.717) is 11.4 Å². The molecule has 1 aromatic heterocycles. The van der Waals surface area contributed by atoms with Crippen molar-refractivity contribution in [3.63, 3.8) is 0 Å². The van der Waals surface area contributed by atoms with Gasteiger partial charge in [-0.15, -0.1) is 0 Å². The molecule has 0 radical (unpaired) electrons. The summed E-state index contributed by atoms with van der Waals surface area (Å²) in [6, 6.07) is 6.53. The van der Waals surface area contributed by atoms with Crippen molar-refractivity contribution in [1.82, 2.24) is 4.98 Å². The monoisotopic (exact) mass is 277 g/mol. The summed E-state index contributed by atoms with van der Waals surface area (Å²) >= 11 is 0. The summed E-state index contributed by atoms with van der Waals surface area (Å²) in [5, 5.41) is 0. The Morgan fingerprint density at radius 3 is 2.58 bits per heavy atom. The normalized spacial score (nSPS) is 11.3. The molecule has 0 bridgehead atoms. The Morgan fingerprint density at radius 2 is 1.95 bits per heavy atom. The van der Waals surface area contributed by atoms with Crippen molar-refractivity contribution in [1.29, 1.82) is 0 Å². The number of benzene rings is 1. The third-order valence-electron chi connectivity index (χ3n) is 2.80. The summed E-state index contributed by atoms with van der Waals surface area (Å²) in [6.07, 6.45) is 2.82. The molecule has 2 aromatic rings. The van der Waals surface area contributed by atoms with Crippen LogP contribution >= 0.6 is 0 Å². The molecule has 0 aliphatic carbocycles. The van der Waals surface area contributed by atoms with E-state index in [4.69, 9.17) is 5.73 Å². The maximum absolute atomic E-state index is 12.2. The lowest BCUT2D eigenvalue weighted by molar-refractivity contribution is 0.601. The fourth-order valence-corrected chi connectivity index (χ4v) is 2.77. The number of nitrogens with two attached hydrogens (primary N) is 1. The molecule has 2 rings (SSSR count). The van der Waals surface area contributed by atoms with Gasteiger partial charge in [0.1, 0.15) is 4.90 Å². The molecule has 1 aromatic carbocycles. The predicted octanol–water partition coefficient (Wildman–Crippen LogP) is 2.08. The van der Waals surface area contributed by atoms with Crippen LogP contribution in [0, 0.1) is 13.8 Å². The molecule has 100 valence electrons. The van der Waals surface area contributed by atoms with Gasteiger partial charge in [0.15, 0.2) is 0 Å². The lowest BCUT2D eigenvalue weighted by Crippen LogP contribution is -2.14. The van der Waals surface area contributed by atoms with Crippen LogP contribution in [0.25, 0.3) is 0 Å². The molecule has 0 amide bonds. The largest absolute Gasteiger partial charge is 0.398 e. The summed E-state index contributed by atoms with van der Waals surface area (Å²) in [5.74, 6) is 0. The van der Waals surface area contributed by atoms with E-state index in [0.717, 1.165) is 11.1 Å². The number of nitrogens with zero attached hydrogens (tertiary/aromatic N) is 1. The predicted molar refractivity (Wildman–Crippen MR) is 75.4 cm³/mol. The quantitative estimate of drug-likeness (QED) is 0.841. The minimum absolute atomic E-state index is 0.119. The lowest BCUT2D eigenvalue weighted by Gasteiger charge is -2.12. The number of nitrogens with one attached hydrogen (secondary N) is 1. The van der Waals surface area contributed by atoms with Gasteiger partial charge in [0.05, 0.1) is 5.69 Å². The van der Waals surface area contributed by atoms with Crippen molar-refractivity contribution in [2.24, 2.45) is 0 Å². The van der Waals surface area contributed by atoms with E-state index < -0.39 is 10.0 Å². The Hall–Kier alpha value is -2.08. The number of hydrogen-bond donors (Lipinski definition) is 2.